The van der Waals surface area contributed by atoms with Gasteiger partial charge in [-0.25, -0.2) is 9.48 Å². The molecule has 9 nitrogen and oxygen atoms in total. The van der Waals surface area contributed by atoms with Crippen molar-refractivity contribution in [2.45, 2.75) is 57.7 Å². The van der Waals surface area contributed by atoms with Gasteiger partial charge < -0.3 is 9.47 Å². The van der Waals surface area contributed by atoms with E-state index in [2.05, 4.69) is 19.9 Å². The Bertz CT molecular complexity index is 1080. The van der Waals surface area contributed by atoms with Gasteiger partial charge >= 0.3 is 5.69 Å². The number of amides is 1. The van der Waals surface area contributed by atoms with Crippen molar-refractivity contribution in [2.24, 2.45) is 0 Å². The average molecular weight is 381 g/mol. The maximum atomic E-state index is 13.0. The Morgan fingerprint density at radius 2 is 2.04 bits per heavy atom. The highest BCUT2D eigenvalue weighted by molar-refractivity contribution is 5.76. The van der Waals surface area contributed by atoms with Crippen molar-refractivity contribution in [3.05, 3.63) is 46.5 Å². The Morgan fingerprint density at radius 1 is 1.11 bits per heavy atom. The van der Waals surface area contributed by atoms with Crippen LogP contribution in [0, 0.1) is 0 Å². The van der Waals surface area contributed by atoms with E-state index < -0.39 is 0 Å². The highest BCUT2D eigenvalue weighted by Crippen LogP contribution is 2.32. The van der Waals surface area contributed by atoms with Gasteiger partial charge in [0.15, 0.2) is 11.5 Å². The van der Waals surface area contributed by atoms with Crippen molar-refractivity contribution in [3.8, 4) is 0 Å². The summed E-state index contributed by atoms with van der Waals surface area (Å²) in [7, 11) is 0. The first-order valence-electron chi connectivity index (χ1n) is 9.98. The lowest BCUT2D eigenvalue weighted by Crippen LogP contribution is -2.37. The molecule has 0 aliphatic carbocycles. The van der Waals surface area contributed by atoms with Gasteiger partial charge in [-0.15, -0.1) is 15.3 Å². The molecule has 0 aromatic carbocycles. The molecule has 0 radical (unpaired) electrons. The van der Waals surface area contributed by atoms with Gasteiger partial charge in [0.25, 0.3) is 0 Å². The van der Waals surface area contributed by atoms with Crippen molar-refractivity contribution in [3.63, 3.8) is 0 Å². The van der Waals surface area contributed by atoms with E-state index in [4.69, 9.17) is 0 Å². The number of nitrogens with zero attached hydrogens (tertiary/aromatic N) is 7. The SMILES string of the molecule is O=C(Cn1nc2ccccn2c1=O)N1CCCC1c1nnc2n1CCCCC2. The molecule has 9 heteroatoms. The fourth-order valence-corrected chi connectivity index (χ4v) is 4.38. The molecule has 1 atom stereocenters. The molecule has 146 valence electrons. The zero-order valence-corrected chi connectivity index (χ0v) is 15.7. The standard InChI is InChI=1S/C19H23N7O2/c27-17(13-26-19(28)25-11-5-3-9-16(25)22-26)23-12-6-7-14(23)18-21-20-15-8-2-1-4-10-24(15)18/h3,5,9,11,14H,1-2,4,6-8,10,12-13H2. The van der Waals surface area contributed by atoms with Gasteiger partial charge in [0.05, 0.1) is 6.04 Å². The topological polar surface area (TPSA) is 90.3 Å². The Hall–Kier alpha value is -2.97. The van der Waals surface area contributed by atoms with Crippen molar-refractivity contribution in [1.82, 2.24) is 33.8 Å². The van der Waals surface area contributed by atoms with Crippen molar-refractivity contribution in [2.75, 3.05) is 6.54 Å². The van der Waals surface area contributed by atoms with E-state index in [1.54, 1.807) is 18.3 Å². The zero-order valence-electron chi connectivity index (χ0n) is 15.7. The third-order valence-corrected chi connectivity index (χ3v) is 5.78. The Kier molecular flexibility index (Phi) is 4.22. The number of carbonyl (C=O) groups is 1. The van der Waals surface area contributed by atoms with Crippen LogP contribution in [0.5, 0.6) is 0 Å². The van der Waals surface area contributed by atoms with Crippen LogP contribution in [0.2, 0.25) is 0 Å². The van der Waals surface area contributed by atoms with Crippen molar-refractivity contribution < 1.29 is 4.79 Å². The van der Waals surface area contributed by atoms with E-state index >= 15 is 0 Å². The van der Waals surface area contributed by atoms with Gasteiger partial charge in [0.1, 0.15) is 12.4 Å². The van der Waals surface area contributed by atoms with Gasteiger partial charge in [0, 0.05) is 25.7 Å². The quantitative estimate of drug-likeness (QED) is 0.679. The number of hydrogen-bond acceptors (Lipinski definition) is 5. The van der Waals surface area contributed by atoms with Crippen LogP contribution in [0.15, 0.2) is 29.2 Å². The molecule has 3 aromatic rings. The first-order valence-corrected chi connectivity index (χ1v) is 9.98. The summed E-state index contributed by atoms with van der Waals surface area (Å²) in [5.41, 5.74) is 0.247. The molecule has 1 amide bonds. The molecule has 0 bridgehead atoms. The number of carbonyl (C=O) groups excluding carboxylic acids is 1. The van der Waals surface area contributed by atoms with Crippen LogP contribution in [0.25, 0.3) is 5.65 Å². The fourth-order valence-electron chi connectivity index (χ4n) is 4.38. The lowest BCUT2D eigenvalue weighted by atomic mass is 10.2. The maximum absolute atomic E-state index is 13.0. The first-order chi connectivity index (χ1) is 13.7. The van der Waals surface area contributed by atoms with Gasteiger partial charge in [-0.05, 0) is 37.8 Å². The maximum Gasteiger partial charge on any atom is 0.350 e. The second-order valence-electron chi connectivity index (χ2n) is 7.55. The summed E-state index contributed by atoms with van der Waals surface area (Å²) in [5.74, 6) is 1.83. The van der Waals surface area contributed by atoms with Crippen LogP contribution in [0.4, 0.5) is 0 Å². The van der Waals surface area contributed by atoms with Crippen LogP contribution >= 0.6 is 0 Å². The van der Waals surface area contributed by atoms with Crippen molar-refractivity contribution >= 4 is 11.6 Å². The molecule has 1 unspecified atom stereocenters. The number of aromatic nitrogens is 6. The Morgan fingerprint density at radius 3 is 2.93 bits per heavy atom. The van der Waals surface area contributed by atoms with Gasteiger partial charge in [-0.3, -0.25) is 9.20 Å². The minimum Gasteiger partial charge on any atom is -0.331 e. The van der Waals surface area contributed by atoms with Gasteiger partial charge in [0.2, 0.25) is 5.91 Å². The largest absolute Gasteiger partial charge is 0.350 e. The molecule has 28 heavy (non-hydrogen) atoms. The zero-order chi connectivity index (χ0) is 19.1. The number of hydrogen-bond donors (Lipinski definition) is 0. The molecule has 2 aliphatic rings. The third kappa shape index (κ3) is 2.81. The number of aryl methyl sites for hydroxylation is 1. The molecule has 1 saturated heterocycles. The van der Waals surface area contributed by atoms with E-state index in [1.807, 2.05) is 11.0 Å². The van der Waals surface area contributed by atoms with E-state index in [9.17, 15) is 9.59 Å². The molecule has 1 fully saturated rings. The van der Waals surface area contributed by atoms with Crippen LogP contribution in [0.1, 0.15) is 49.8 Å². The molecule has 5 rings (SSSR count). The second kappa shape index (κ2) is 6.88. The van der Waals surface area contributed by atoms with Gasteiger partial charge in [-0.2, -0.15) is 0 Å². The number of rotatable bonds is 3. The minimum atomic E-state index is -0.295. The summed E-state index contributed by atoms with van der Waals surface area (Å²) in [6.07, 6.45) is 7.88. The Balaban J connectivity index is 1.41. The summed E-state index contributed by atoms with van der Waals surface area (Å²) in [6.45, 7) is 1.54. The summed E-state index contributed by atoms with van der Waals surface area (Å²) in [4.78, 5) is 27.4. The predicted octanol–water partition coefficient (Wildman–Crippen LogP) is 1.18. The number of pyridine rings is 1. The molecule has 0 spiro atoms. The highest BCUT2D eigenvalue weighted by Gasteiger charge is 2.34. The van der Waals surface area contributed by atoms with Crippen LogP contribution in [-0.2, 0) is 24.3 Å². The summed E-state index contributed by atoms with van der Waals surface area (Å²) < 4.78 is 4.91. The molecule has 5 heterocycles. The average Bonchev–Trinajstić information content (AvgIpc) is 3.36. The molecule has 0 saturated carbocycles. The van der Waals surface area contributed by atoms with E-state index in [1.165, 1.54) is 15.5 Å². The van der Waals surface area contributed by atoms with Crippen LogP contribution in [-0.4, -0.2) is 46.3 Å². The highest BCUT2D eigenvalue weighted by atomic mass is 16.2. The normalized spacial score (nSPS) is 19.7. The predicted molar refractivity (Wildman–Crippen MR) is 101 cm³/mol. The molecular formula is C19H23N7O2. The number of likely N-dealkylation sites (tertiary alicyclic amines) is 1. The van der Waals surface area contributed by atoms with Crippen LogP contribution < -0.4 is 5.69 Å². The summed E-state index contributed by atoms with van der Waals surface area (Å²) in [5, 5.41) is 13.1. The lowest BCUT2D eigenvalue weighted by Gasteiger charge is -2.24. The summed E-state index contributed by atoms with van der Waals surface area (Å²) >= 11 is 0. The van der Waals surface area contributed by atoms with E-state index in [0.717, 1.165) is 50.3 Å². The van der Waals surface area contributed by atoms with Crippen LogP contribution in [0.3, 0.4) is 0 Å². The first kappa shape index (κ1) is 17.2. The van der Waals surface area contributed by atoms with E-state index in [0.29, 0.717) is 12.2 Å². The smallest absolute Gasteiger partial charge is 0.331 e. The minimum absolute atomic E-state index is 0.0575. The van der Waals surface area contributed by atoms with Gasteiger partial charge in [-0.1, -0.05) is 12.5 Å². The molecule has 0 N–H and O–H groups in total. The second-order valence-corrected chi connectivity index (χ2v) is 7.55. The molecule has 3 aromatic heterocycles. The summed E-state index contributed by atoms with van der Waals surface area (Å²) in [6, 6.07) is 5.28. The lowest BCUT2D eigenvalue weighted by molar-refractivity contribution is -0.133. The molecule has 2 aliphatic heterocycles. The molecular weight excluding hydrogens is 358 g/mol. The van der Waals surface area contributed by atoms with E-state index in [-0.39, 0.29) is 24.2 Å². The fraction of sp³-hybridized carbons (Fsp3) is 0.526. The Labute approximate surface area is 161 Å². The third-order valence-electron chi connectivity index (χ3n) is 5.78. The number of fused-ring (bicyclic) bond motifs is 2. The monoisotopic (exact) mass is 381 g/mol. The van der Waals surface area contributed by atoms with Crippen molar-refractivity contribution in [1.29, 1.82) is 0 Å².